The third-order valence-electron chi connectivity index (χ3n) is 3.01. The van der Waals surface area contributed by atoms with E-state index in [1.807, 2.05) is 36.4 Å². The molecule has 0 aliphatic carbocycles. The SMILES string of the molecule is Nc1noc(-c2ccc(Cl)c(Br)c2)c1-c1cccc(Br)c1. The maximum atomic E-state index is 6.03. The van der Waals surface area contributed by atoms with E-state index in [1.165, 1.54) is 0 Å². The normalized spacial score (nSPS) is 10.8. The largest absolute Gasteiger partial charge is 0.380 e. The average Bonchev–Trinajstić information content (AvgIpc) is 2.84. The Kier molecular flexibility index (Phi) is 4.06. The van der Waals surface area contributed by atoms with E-state index in [1.54, 1.807) is 6.07 Å². The van der Waals surface area contributed by atoms with Crippen LogP contribution < -0.4 is 5.73 Å². The van der Waals surface area contributed by atoms with Gasteiger partial charge in [-0.15, -0.1) is 0 Å². The van der Waals surface area contributed by atoms with Gasteiger partial charge >= 0.3 is 0 Å². The number of nitrogens with zero attached hydrogens (tertiary/aromatic N) is 1. The fourth-order valence-corrected chi connectivity index (χ4v) is 2.96. The number of benzene rings is 2. The molecule has 3 aromatic rings. The van der Waals surface area contributed by atoms with Crippen molar-refractivity contribution in [1.82, 2.24) is 5.16 Å². The molecule has 0 saturated heterocycles. The molecule has 2 aromatic carbocycles. The van der Waals surface area contributed by atoms with E-state index in [9.17, 15) is 0 Å². The molecule has 6 heteroatoms. The second kappa shape index (κ2) is 5.83. The Balaban J connectivity index is 2.19. The van der Waals surface area contributed by atoms with Crippen LogP contribution in [0, 0.1) is 0 Å². The summed E-state index contributed by atoms with van der Waals surface area (Å²) >= 11 is 12.9. The van der Waals surface area contributed by atoms with Crippen LogP contribution in [-0.2, 0) is 0 Å². The molecule has 0 amide bonds. The summed E-state index contributed by atoms with van der Waals surface area (Å²) in [7, 11) is 0. The molecule has 0 unspecified atom stereocenters. The number of aromatic nitrogens is 1. The van der Waals surface area contributed by atoms with E-state index >= 15 is 0 Å². The molecule has 0 fully saturated rings. The summed E-state index contributed by atoms with van der Waals surface area (Å²) in [6.07, 6.45) is 0. The molecule has 0 radical (unpaired) electrons. The van der Waals surface area contributed by atoms with Gasteiger partial charge in [0, 0.05) is 14.5 Å². The summed E-state index contributed by atoms with van der Waals surface area (Å²) in [6.45, 7) is 0. The average molecular weight is 429 g/mol. The van der Waals surface area contributed by atoms with Gasteiger partial charge in [-0.2, -0.15) is 0 Å². The van der Waals surface area contributed by atoms with Crippen LogP contribution in [0.1, 0.15) is 0 Å². The molecule has 1 aromatic heterocycles. The molecule has 21 heavy (non-hydrogen) atoms. The van der Waals surface area contributed by atoms with Gasteiger partial charge in [0.15, 0.2) is 11.6 Å². The minimum atomic E-state index is 0.356. The molecule has 2 N–H and O–H groups in total. The van der Waals surface area contributed by atoms with E-state index in [0.29, 0.717) is 16.6 Å². The van der Waals surface area contributed by atoms with Crippen LogP contribution >= 0.6 is 43.5 Å². The van der Waals surface area contributed by atoms with Crippen molar-refractivity contribution < 1.29 is 4.52 Å². The predicted molar refractivity (Wildman–Crippen MR) is 92.2 cm³/mol. The zero-order chi connectivity index (χ0) is 15.0. The van der Waals surface area contributed by atoms with E-state index in [0.717, 1.165) is 25.6 Å². The molecule has 3 rings (SSSR count). The summed E-state index contributed by atoms with van der Waals surface area (Å²) in [5.74, 6) is 0.970. The topological polar surface area (TPSA) is 52.0 Å². The first kappa shape index (κ1) is 14.6. The maximum Gasteiger partial charge on any atom is 0.176 e. The highest BCUT2D eigenvalue weighted by atomic mass is 79.9. The number of hydrogen-bond acceptors (Lipinski definition) is 3. The van der Waals surface area contributed by atoms with Crippen molar-refractivity contribution in [2.75, 3.05) is 5.73 Å². The Morgan fingerprint density at radius 1 is 1.05 bits per heavy atom. The molecule has 0 bridgehead atoms. The molecular formula is C15H9Br2ClN2O. The Bertz CT molecular complexity index is 817. The van der Waals surface area contributed by atoms with Crippen molar-refractivity contribution in [2.24, 2.45) is 0 Å². The van der Waals surface area contributed by atoms with E-state index in [2.05, 4.69) is 37.0 Å². The van der Waals surface area contributed by atoms with E-state index < -0.39 is 0 Å². The molecule has 0 aliphatic rings. The fourth-order valence-electron chi connectivity index (χ4n) is 2.06. The fraction of sp³-hybridized carbons (Fsp3) is 0. The Hall–Kier alpha value is -1.30. The Labute approximate surface area is 143 Å². The number of nitrogen functional groups attached to an aromatic ring is 1. The zero-order valence-electron chi connectivity index (χ0n) is 10.6. The number of hydrogen-bond donors (Lipinski definition) is 1. The first-order valence-electron chi connectivity index (χ1n) is 6.03. The number of nitrogens with two attached hydrogens (primary N) is 1. The highest BCUT2D eigenvalue weighted by Gasteiger charge is 2.18. The lowest BCUT2D eigenvalue weighted by molar-refractivity contribution is 0.436. The van der Waals surface area contributed by atoms with Gasteiger partial charge < -0.3 is 10.3 Å². The van der Waals surface area contributed by atoms with Gasteiger partial charge in [0.1, 0.15) is 0 Å². The van der Waals surface area contributed by atoms with Gasteiger partial charge in [-0.3, -0.25) is 0 Å². The highest BCUT2D eigenvalue weighted by Crippen LogP contribution is 2.39. The first-order chi connectivity index (χ1) is 10.1. The summed E-state index contributed by atoms with van der Waals surface area (Å²) in [4.78, 5) is 0. The van der Waals surface area contributed by atoms with Gasteiger partial charge in [-0.1, -0.05) is 44.8 Å². The van der Waals surface area contributed by atoms with Crippen molar-refractivity contribution >= 4 is 49.3 Å². The van der Waals surface area contributed by atoms with Gasteiger partial charge in [0.05, 0.1) is 10.6 Å². The van der Waals surface area contributed by atoms with Crippen LogP contribution in [0.2, 0.25) is 5.02 Å². The standard InChI is InChI=1S/C15H9Br2ClN2O/c16-10-3-1-2-8(6-10)13-14(21-20-15(13)19)9-4-5-12(18)11(17)7-9/h1-7H,(H2,19,20). The molecule has 0 aliphatic heterocycles. The smallest absolute Gasteiger partial charge is 0.176 e. The van der Waals surface area contributed by atoms with Crippen LogP contribution in [0.3, 0.4) is 0 Å². The summed E-state index contributed by atoms with van der Waals surface area (Å²) < 4.78 is 7.17. The molecule has 0 saturated carbocycles. The number of halogens is 3. The van der Waals surface area contributed by atoms with Crippen molar-refractivity contribution in [3.05, 3.63) is 56.4 Å². The lowest BCUT2D eigenvalue weighted by atomic mass is 10.0. The summed E-state index contributed by atoms with van der Waals surface area (Å²) in [6, 6.07) is 13.4. The van der Waals surface area contributed by atoms with Crippen LogP contribution in [-0.4, -0.2) is 5.16 Å². The minimum Gasteiger partial charge on any atom is -0.380 e. The Morgan fingerprint density at radius 3 is 2.57 bits per heavy atom. The van der Waals surface area contributed by atoms with Gasteiger partial charge in [-0.05, 0) is 51.8 Å². The monoisotopic (exact) mass is 426 g/mol. The molecular weight excluding hydrogens is 419 g/mol. The lowest BCUT2D eigenvalue weighted by Gasteiger charge is -2.05. The third kappa shape index (κ3) is 2.86. The third-order valence-corrected chi connectivity index (χ3v) is 4.72. The van der Waals surface area contributed by atoms with Gasteiger partial charge in [-0.25, -0.2) is 0 Å². The zero-order valence-corrected chi connectivity index (χ0v) is 14.5. The van der Waals surface area contributed by atoms with Crippen LogP contribution in [0.15, 0.2) is 55.9 Å². The molecule has 0 atom stereocenters. The quantitative estimate of drug-likeness (QED) is 0.564. The van der Waals surface area contributed by atoms with Gasteiger partial charge in [0.25, 0.3) is 0 Å². The first-order valence-corrected chi connectivity index (χ1v) is 7.99. The highest BCUT2D eigenvalue weighted by molar-refractivity contribution is 9.10. The van der Waals surface area contributed by atoms with Crippen molar-refractivity contribution in [3.8, 4) is 22.5 Å². The van der Waals surface area contributed by atoms with Crippen molar-refractivity contribution in [3.63, 3.8) is 0 Å². The predicted octanol–water partition coefficient (Wildman–Crippen LogP) is 5.77. The lowest BCUT2D eigenvalue weighted by Crippen LogP contribution is -1.89. The van der Waals surface area contributed by atoms with Gasteiger partial charge in [0.2, 0.25) is 0 Å². The van der Waals surface area contributed by atoms with Crippen LogP contribution in [0.4, 0.5) is 5.82 Å². The summed E-state index contributed by atoms with van der Waals surface area (Å²) in [5, 5.41) is 4.52. The second-order valence-electron chi connectivity index (χ2n) is 4.41. The van der Waals surface area contributed by atoms with Crippen molar-refractivity contribution in [1.29, 1.82) is 0 Å². The van der Waals surface area contributed by atoms with Crippen LogP contribution in [0.25, 0.3) is 22.5 Å². The molecule has 0 spiro atoms. The van der Waals surface area contributed by atoms with E-state index in [4.69, 9.17) is 21.9 Å². The minimum absolute atomic E-state index is 0.356. The van der Waals surface area contributed by atoms with Crippen molar-refractivity contribution in [2.45, 2.75) is 0 Å². The molecule has 1 heterocycles. The van der Waals surface area contributed by atoms with E-state index in [-0.39, 0.29) is 0 Å². The summed E-state index contributed by atoms with van der Waals surface area (Å²) in [5.41, 5.74) is 8.53. The molecule has 3 nitrogen and oxygen atoms in total. The second-order valence-corrected chi connectivity index (χ2v) is 6.59. The maximum absolute atomic E-state index is 6.03. The van der Waals surface area contributed by atoms with Crippen LogP contribution in [0.5, 0.6) is 0 Å². The molecule has 106 valence electrons. The number of anilines is 1. The number of rotatable bonds is 2. The Morgan fingerprint density at radius 2 is 1.86 bits per heavy atom.